The molecule has 0 fully saturated rings. The summed E-state index contributed by atoms with van der Waals surface area (Å²) in [6.07, 6.45) is 1.80. The molecule has 0 radical (unpaired) electrons. The second-order valence-corrected chi connectivity index (χ2v) is 8.50. The number of hydrogen-bond donors (Lipinski definition) is 0. The van der Waals surface area contributed by atoms with Gasteiger partial charge in [-0.05, 0) is 79.1 Å². The van der Waals surface area contributed by atoms with Crippen molar-refractivity contribution in [2.45, 2.75) is 13.8 Å². The number of halogens is 2. The number of benzene rings is 2. The van der Waals surface area contributed by atoms with Gasteiger partial charge in [0, 0.05) is 26.3 Å². The molecule has 4 rings (SSSR count). The summed E-state index contributed by atoms with van der Waals surface area (Å²) in [6.45, 7) is 4.23. The molecule has 0 spiro atoms. The SMILES string of the molecule is Cc1cc(-c2nc(-c3ccccn3)ccc2-c2ccc(Br)cc2)c(C)cc1Br. The van der Waals surface area contributed by atoms with E-state index in [9.17, 15) is 0 Å². The maximum atomic E-state index is 5.05. The van der Waals surface area contributed by atoms with Crippen molar-refractivity contribution in [3.8, 4) is 33.8 Å². The van der Waals surface area contributed by atoms with E-state index in [0.717, 1.165) is 42.7 Å². The van der Waals surface area contributed by atoms with Crippen molar-refractivity contribution >= 4 is 31.9 Å². The lowest BCUT2D eigenvalue weighted by Gasteiger charge is -2.15. The number of aromatic nitrogens is 2. The van der Waals surface area contributed by atoms with Gasteiger partial charge in [0.05, 0.1) is 17.1 Å². The van der Waals surface area contributed by atoms with Crippen LogP contribution < -0.4 is 0 Å². The Morgan fingerprint density at radius 1 is 0.714 bits per heavy atom. The zero-order chi connectivity index (χ0) is 19.7. The fraction of sp³-hybridized carbons (Fsp3) is 0.0833. The van der Waals surface area contributed by atoms with Crippen LogP contribution in [-0.2, 0) is 0 Å². The van der Waals surface area contributed by atoms with E-state index in [1.54, 1.807) is 6.20 Å². The van der Waals surface area contributed by atoms with Gasteiger partial charge < -0.3 is 0 Å². The smallest absolute Gasteiger partial charge is 0.0894 e. The summed E-state index contributed by atoms with van der Waals surface area (Å²) in [7, 11) is 0. The molecule has 0 saturated carbocycles. The van der Waals surface area contributed by atoms with E-state index in [4.69, 9.17) is 4.98 Å². The molecule has 4 heteroatoms. The summed E-state index contributed by atoms with van der Waals surface area (Å²) >= 11 is 7.16. The fourth-order valence-corrected chi connectivity index (χ4v) is 3.94. The fourth-order valence-electron chi connectivity index (χ4n) is 3.22. The monoisotopic (exact) mass is 492 g/mol. The third-order valence-corrected chi connectivity index (χ3v) is 6.12. The quantitative estimate of drug-likeness (QED) is 0.293. The van der Waals surface area contributed by atoms with Crippen LogP contribution in [0.3, 0.4) is 0 Å². The molecule has 0 atom stereocenters. The molecule has 2 aromatic carbocycles. The molecule has 4 aromatic rings. The highest BCUT2D eigenvalue weighted by atomic mass is 79.9. The minimum atomic E-state index is 0.872. The molecular formula is C24H18Br2N2. The zero-order valence-corrected chi connectivity index (χ0v) is 18.8. The first kappa shape index (κ1) is 19.0. The molecule has 0 N–H and O–H groups in total. The van der Waals surface area contributed by atoms with E-state index in [0.29, 0.717) is 0 Å². The van der Waals surface area contributed by atoms with Crippen molar-refractivity contribution in [1.82, 2.24) is 9.97 Å². The molecule has 0 amide bonds. The highest BCUT2D eigenvalue weighted by Crippen LogP contribution is 2.36. The van der Waals surface area contributed by atoms with Gasteiger partial charge in [0.1, 0.15) is 0 Å². The van der Waals surface area contributed by atoms with Crippen LogP contribution in [-0.4, -0.2) is 9.97 Å². The molecule has 138 valence electrons. The van der Waals surface area contributed by atoms with Gasteiger partial charge >= 0.3 is 0 Å². The topological polar surface area (TPSA) is 25.8 Å². The average Bonchev–Trinajstić information content (AvgIpc) is 2.72. The van der Waals surface area contributed by atoms with Gasteiger partial charge in [-0.1, -0.05) is 50.1 Å². The van der Waals surface area contributed by atoms with E-state index >= 15 is 0 Å². The maximum absolute atomic E-state index is 5.05. The Morgan fingerprint density at radius 3 is 2.21 bits per heavy atom. The highest BCUT2D eigenvalue weighted by molar-refractivity contribution is 9.10. The van der Waals surface area contributed by atoms with Crippen LogP contribution in [0.1, 0.15) is 11.1 Å². The van der Waals surface area contributed by atoms with E-state index < -0.39 is 0 Å². The Balaban J connectivity index is 1.97. The lowest BCUT2D eigenvalue weighted by Crippen LogP contribution is -1.96. The summed E-state index contributed by atoms with van der Waals surface area (Å²) in [5.74, 6) is 0. The Labute approximate surface area is 182 Å². The van der Waals surface area contributed by atoms with Crippen molar-refractivity contribution in [1.29, 1.82) is 0 Å². The Bertz CT molecular complexity index is 1140. The van der Waals surface area contributed by atoms with Gasteiger partial charge in [0.25, 0.3) is 0 Å². The van der Waals surface area contributed by atoms with Crippen molar-refractivity contribution < 1.29 is 0 Å². The summed E-state index contributed by atoms with van der Waals surface area (Å²) in [4.78, 5) is 9.53. The Hall–Kier alpha value is -2.30. The van der Waals surface area contributed by atoms with Crippen molar-refractivity contribution in [3.63, 3.8) is 0 Å². The van der Waals surface area contributed by atoms with E-state index in [1.807, 2.05) is 24.3 Å². The second kappa shape index (κ2) is 7.98. The minimum Gasteiger partial charge on any atom is -0.255 e. The van der Waals surface area contributed by atoms with Gasteiger partial charge in [-0.15, -0.1) is 0 Å². The van der Waals surface area contributed by atoms with Crippen LogP contribution in [0.15, 0.2) is 81.9 Å². The van der Waals surface area contributed by atoms with Gasteiger partial charge in [-0.2, -0.15) is 0 Å². The number of pyridine rings is 2. The molecule has 0 bridgehead atoms. The second-order valence-electron chi connectivity index (χ2n) is 6.73. The van der Waals surface area contributed by atoms with Crippen LogP contribution in [0.5, 0.6) is 0 Å². The third kappa shape index (κ3) is 3.80. The van der Waals surface area contributed by atoms with E-state index in [2.05, 4.69) is 93.2 Å². The van der Waals surface area contributed by atoms with Crippen LogP contribution in [0, 0.1) is 13.8 Å². The highest BCUT2D eigenvalue weighted by Gasteiger charge is 2.15. The van der Waals surface area contributed by atoms with Crippen molar-refractivity contribution in [2.24, 2.45) is 0 Å². The van der Waals surface area contributed by atoms with Crippen LogP contribution in [0.25, 0.3) is 33.8 Å². The molecule has 2 heterocycles. The molecule has 2 nitrogen and oxygen atoms in total. The maximum Gasteiger partial charge on any atom is 0.0894 e. The molecule has 0 saturated heterocycles. The zero-order valence-electron chi connectivity index (χ0n) is 15.6. The lowest BCUT2D eigenvalue weighted by atomic mass is 9.95. The molecule has 0 aliphatic carbocycles. The van der Waals surface area contributed by atoms with Gasteiger partial charge in [-0.3, -0.25) is 4.98 Å². The van der Waals surface area contributed by atoms with Crippen LogP contribution >= 0.6 is 31.9 Å². The molecule has 2 aromatic heterocycles. The summed E-state index contributed by atoms with van der Waals surface area (Å²) in [6, 6.07) is 22.8. The molecule has 0 aliphatic heterocycles. The van der Waals surface area contributed by atoms with Gasteiger partial charge in [0.2, 0.25) is 0 Å². The van der Waals surface area contributed by atoms with E-state index in [1.165, 1.54) is 11.1 Å². The number of hydrogen-bond acceptors (Lipinski definition) is 2. The first-order valence-corrected chi connectivity index (χ1v) is 10.6. The standard InChI is InChI=1S/C24H18Br2N2/c1-15-14-21(26)16(2)13-20(15)24-19(17-6-8-18(25)9-7-17)10-11-23(28-24)22-5-3-4-12-27-22/h3-14H,1-2H3. The summed E-state index contributed by atoms with van der Waals surface area (Å²) in [5.41, 5.74) is 8.47. The Morgan fingerprint density at radius 2 is 1.50 bits per heavy atom. The molecule has 0 unspecified atom stereocenters. The first-order chi connectivity index (χ1) is 13.5. The molecule has 28 heavy (non-hydrogen) atoms. The van der Waals surface area contributed by atoms with Gasteiger partial charge in [0.15, 0.2) is 0 Å². The van der Waals surface area contributed by atoms with E-state index in [-0.39, 0.29) is 0 Å². The largest absolute Gasteiger partial charge is 0.255 e. The number of nitrogens with zero attached hydrogens (tertiary/aromatic N) is 2. The Kier molecular flexibility index (Phi) is 5.42. The minimum absolute atomic E-state index is 0.872. The first-order valence-electron chi connectivity index (χ1n) is 8.98. The lowest BCUT2D eigenvalue weighted by molar-refractivity contribution is 1.24. The average molecular weight is 494 g/mol. The third-order valence-electron chi connectivity index (χ3n) is 4.74. The number of aryl methyl sites for hydroxylation is 2. The van der Waals surface area contributed by atoms with Crippen LogP contribution in [0.2, 0.25) is 0 Å². The normalized spacial score (nSPS) is 10.9. The predicted octanol–water partition coefficient (Wildman–Crippen LogP) is 7.62. The molecular weight excluding hydrogens is 476 g/mol. The van der Waals surface area contributed by atoms with Gasteiger partial charge in [-0.25, -0.2) is 4.98 Å². The number of rotatable bonds is 3. The van der Waals surface area contributed by atoms with Crippen molar-refractivity contribution in [3.05, 3.63) is 93.0 Å². The summed E-state index contributed by atoms with van der Waals surface area (Å²) in [5, 5.41) is 0. The van der Waals surface area contributed by atoms with Crippen molar-refractivity contribution in [2.75, 3.05) is 0 Å². The summed E-state index contributed by atoms with van der Waals surface area (Å²) < 4.78 is 2.17. The van der Waals surface area contributed by atoms with Crippen LogP contribution in [0.4, 0.5) is 0 Å². The predicted molar refractivity (Wildman–Crippen MR) is 123 cm³/mol. The molecule has 0 aliphatic rings.